The first-order valence-corrected chi connectivity index (χ1v) is 6.75. The van der Waals surface area contributed by atoms with E-state index in [0.717, 1.165) is 11.4 Å². The Bertz CT molecular complexity index is 501. The standard InChI is InChI=1S/C14H20N4O3.HI/c1-20-12-4-2-11(3-5-12)17-14(15)16-10-13(19)18-6-8-21-9-7-18;/h2-5H,6-10H2,1H3,(H3,15,16,17);1H. The molecule has 1 aliphatic rings. The zero-order valence-electron chi connectivity index (χ0n) is 12.4. The maximum atomic E-state index is 11.9. The zero-order valence-corrected chi connectivity index (χ0v) is 14.8. The lowest BCUT2D eigenvalue weighted by Gasteiger charge is -2.26. The third kappa shape index (κ3) is 5.68. The van der Waals surface area contributed by atoms with Crippen LogP contribution in [0.3, 0.4) is 0 Å². The van der Waals surface area contributed by atoms with Crippen LogP contribution in [-0.2, 0) is 9.53 Å². The molecule has 0 aromatic heterocycles. The zero-order chi connectivity index (χ0) is 15.1. The van der Waals surface area contributed by atoms with Crippen molar-refractivity contribution in [1.29, 1.82) is 0 Å². The molecule has 0 aliphatic carbocycles. The normalized spacial score (nSPS) is 15.0. The molecule has 2 rings (SSSR count). The molecule has 0 saturated carbocycles. The summed E-state index contributed by atoms with van der Waals surface area (Å²) >= 11 is 0. The molecule has 0 unspecified atom stereocenters. The molecular formula is C14H21IN4O3. The van der Waals surface area contributed by atoms with E-state index in [1.54, 1.807) is 12.0 Å². The minimum absolute atomic E-state index is 0. The number of carbonyl (C=O) groups is 1. The summed E-state index contributed by atoms with van der Waals surface area (Å²) in [5, 5.41) is 2.93. The van der Waals surface area contributed by atoms with Gasteiger partial charge in [-0.15, -0.1) is 24.0 Å². The van der Waals surface area contributed by atoms with Crippen molar-refractivity contribution >= 4 is 41.5 Å². The number of hydrogen-bond acceptors (Lipinski definition) is 4. The summed E-state index contributed by atoms with van der Waals surface area (Å²) in [5.41, 5.74) is 6.55. The van der Waals surface area contributed by atoms with E-state index in [-0.39, 0.29) is 42.4 Å². The molecule has 1 aromatic rings. The number of nitrogens with two attached hydrogens (primary N) is 1. The monoisotopic (exact) mass is 420 g/mol. The quantitative estimate of drug-likeness (QED) is 0.429. The van der Waals surface area contributed by atoms with Gasteiger partial charge >= 0.3 is 0 Å². The van der Waals surface area contributed by atoms with E-state index in [4.69, 9.17) is 15.2 Å². The Morgan fingerprint density at radius 1 is 1.36 bits per heavy atom. The molecule has 1 amide bonds. The first-order valence-electron chi connectivity index (χ1n) is 6.75. The van der Waals surface area contributed by atoms with Crippen LogP contribution in [0.25, 0.3) is 0 Å². The second-order valence-electron chi connectivity index (χ2n) is 4.55. The molecular weight excluding hydrogens is 399 g/mol. The molecule has 22 heavy (non-hydrogen) atoms. The van der Waals surface area contributed by atoms with Crippen molar-refractivity contribution in [1.82, 2.24) is 4.90 Å². The molecule has 1 saturated heterocycles. The fourth-order valence-electron chi connectivity index (χ4n) is 1.93. The van der Waals surface area contributed by atoms with Crippen LogP contribution in [0.1, 0.15) is 0 Å². The average molecular weight is 420 g/mol. The summed E-state index contributed by atoms with van der Waals surface area (Å²) in [4.78, 5) is 17.7. The van der Waals surface area contributed by atoms with E-state index in [0.29, 0.717) is 26.3 Å². The number of guanidine groups is 1. The maximum Gasteiger partial charge on any atom is 0.244 e. The summed E-state index contributed by atoms with van der Waals surface area (Å²) in [7, 11) is 1.61. The van der Waals surface area contributed by atoms with Gasteiger partial charge in [-0.2, -0.15) is 0 Å². The fourth-order valence-corrected chi connectivity index (χ4v) is 1.93. The van der Waals surface area contributed by atoms with Gasteiger partial charge < -0.3 is 25.4 Å². The predicted molar refractivity (Wildman–Crippen MR) is 95.9 cm³/mol. The number of nitrogens with one attached hydrogen (secondary N) is 1. The van der Waals surface area contributed by atoms with Gasteiger partial charge in [-0.1, -0.05) is 0 Å². The number of benzene rings is 1. The second-order valence-corrected chi connectivity index (χ2v) is 4.55. The Labute approximate surface area is 146 Å². The highest BCUT2D eigenvalue weighted by atomic mass is 127. The lowest BCUT2D eigenvalue weighted by atomic mass is 10.3. The van der Waals surface area contributed by atoms with E-state index < -0.39 is 0 Å². The molecule has 1 heterocycles. The third-order valence-corrected chi connectivity index (χ3v) is 3.11. The van der Waals surface area contributed by atoms with Crippen LogP contribution in [0.5, 0.6) is 5.75 Å². The molecule has 7 nitrogen and oxygen atoms in total. The highest BCUT2D eigenvalue weighted by Crippen LogP contribution is 2.14. The van der Waals surface area contributed by atoms with Crippen molar-refractivity contribution < 1.29 is 14.3 Å². The molecule has 122 valence electrons. The Morgan fingerprint density at radius 3 is 2.59 bits per heavy atom. The molecule has 1 aromatic carbocycles. The summed E-state index contributed by atoms with van der Waals surface area (Å²) in [6.07, 6.45) is 0. The molecule has 0 radical (unpaired) electrons. The van der Waals surface area contributed by atoms with E-state index in [1.165, 1.54) is 0 Å². The van der Waals surface area contributed by atoms with Gasteiger partial charge in [0.15, 0.2) is 5.96 Å². The van der Waals surface area contributed by atoms with Crippen molar-refractivity contribution in [2.75, 3.05) is 45.3 Å². The minimum atomic E-state index is -0.0437. The number of amides is 1. The number of hydrogen-bond donors (Lipinski definition) is 2. The van der Waals surface area contributed by atoms with Crippen LogP contribution in [-0.4, -0.2) is 56.7 Å². The number of ether oxygens (including phenoxy) is 2. The number of carbonyl (C=O) groups excluding carboxylic acids is 1. The number of anilines is 1. The summed E-state index contributed by atoms with van der Waals surface area (Å²) in [5.74, 6) is 0.929. The van der Waals surface area contributed by atoms with Crippen LogP contribution >= 0.6 is 24.0 Å². The van der Waals surface area contributed by atoms with Crippen molar-refractivity contribution in [3.8, 4) is 5.75 Å². The van der Waals surface area contributed by atoms with Crippen LogP contribution in [0.2, 0.25) is 0 Å². The van der Waals surface area contributed by atoms with Gasteiger partial charge in [-0.3, -0.25) is 4.79 Å². The molecule has 0 bridgehead atoms. The van der Waals surface area contributed by atoms with Crippen molar-refractivity contribution in [2.45, 2.75) is 0 Å². The second kappa shape index (κ2) is 9.46. The topological polar surface area (TPSA) is 89.2 Å². The largest absolute Gasteiger partial charge is 0.497 e. The molecule has 8 heteroatoms. The van der Waals surface area contributed by atoms with E-state index in [1.807, 2.05) is 24.3 Å². The van der Waals surface area contributed by atoms with Gasteiger partial charge in [0.05, 0.1) is 20.3 Å². The number of aliphatic imine (C=N–C) groups is 1. The Morgan fingerprint density at radius 2 is 2.00 bits per heavy atom. The van der Waals surface area contributed by atoms with Crippen LogP contribution in [0.15, 0.2) is 29.3 Å². The number of nitrogens with zero attached hydrogens (tertiary/aromatic N) is 2. The molecule has 0 atom stereocenters. The number of morpholine rings is 1. The maximum absolute atomic E-state index is 11.9. The first-order chi connectivity index (χ1) is 10.2. The summed E-state index contributed by atoms with van der Waals surface area (Å²) in [6.45, 7) is 2.42. The van der Waals surface area contributed by atoms with Crippen LogP contribution in [0, 0.1) is 0 Å². The van der Waals surface area contributed by atoms with Crippen LogP contribution < -0.4 is 15.8 Å². The van der Waals surface area contributed by atoms with Gasteiger partial charge in [0.2, 0.25) is 5.91 Å². The van der Waals surface area contributed by atoms with Crippen LogP contribution in [0.4, 0.5) is 5.69 Å². The van der Waals surface area contributed by atoms with Crippen molar-refractivity contribution in [3.63, 3.8) is 0 Å². The highest BCUT2D eigenvalue weighted by Gasteiger charge is 2.15. The summed E-state index contributed by atoms with van der Waals surface area (Å²) in [6, 6.07) is 7.28. The smallest absolute Gasteiger partial charge is 0.244 e. The number of rotatable bonds is 4. The molecule has 0 spiro atoms. The van der Waals surface area contributed by atoms with Gasteiger partial charge in [0.1, 0.15) is 12.3 Å². The molecule has 3 N–H and O–H groups in total. The van der Waals surface area contributed by atoms with Crippen molar-refractivity contribution in [3.05, 3.63) is 24.3 Å². The van der Waals surface area contributed by atoms with Gasteiger partial charge in [-0.05, 0) is 24.3 Å². The van der Waals surface area contributed by atoms with Gasteiger partial charge in [0.25, 0.3) is 0 Å². The van der Waals surface area contributed by atoms with E-state index >= 15 is 0 Å². The minimum Gasteiger partial charge on any atom is -0.497 e. The number of methoxy groups -OCH3 is 1. The SMILES string of the molecule is COc1ccc(NC(N)=NCC(=O)N2CCOCC2)cc1.I. The fraction of sp³-hybridized carbons (Fsp3) is 0.429. The predicted octanol–water partition coefficient (Wildman–Crippen LogP) is 0.899. The molecule has 1 aliphatic heterocycles. The Hall–Kier alpha value is -1.55. The van der Waals surface area contributed by atoms with Gasteiger partial charge in [-0.25, -0.2) is 4.99 Å². The lowest BCUT2D eigenvalue weighted by Crippen LogP contribution is -2.42. The van der Waals surface area contributed by atoms with E-state index in [9.17, 15) is 4.79 Å². The third-order valence-electron chi connectivity index (χ3n) is 3.11. The molecule has 1 fully saturated rings. The lowest BCUT2D eigenvalue weighted by molar-refractivity contribution is -0.133. The van der Waals surface area contributed by atoms with Crippen molar-refractivity contribution in [2.24, 2.45) is 10.7 Å². The van der Waals surface area contributed by atoms with Gasteiger partial charge in [0, 0.05) is 18.8 Å². The Kier molecular flexibility index (Phi) is 7.96. The number of halogens is 1. The first kappa shape index (κ1) is 18.5. The summed E-state index contributed by atoms with van der Waals surface area (Å²) < 4.78 is 10.3. The Balaban J connectivity index is 0.00000242. The average Bonchev–Trinajstić information content (AvgIpc) is 2.54. The van der Waals surface area contributed by atoms with E-state index in [2.05, 4.69) is 10.3 Å². The highest BCUT2D eigenvalue weighted by molar-refractivity contribution is 14.0.